The lowest BCUT2D eigenvalue weighted by molar-refractivity contribution is 0.362. The molecular weight excluding hydrogens is 216 g/mol. The van der Waals surface area contributed by atoms with Crippen LogP contribution in [0.4, 0.5) is 0 Å². The quantitative estimate of drug-likeness (QED) is 0.803. The van der Waals surface area contributed by atoms with Crippen LogP contribution in [0.2, 0.25) is 0 Å². The van der Waals surface area contributed by atoms with E-state index in [0.29, 0.717) is 23.2 Å². The van der Waals surface area contributed by atoms with Crippen LogP contribution in [0.15, 0.2) is 6.07 Å². The Morgan fingerprint density at radius 2 is 2.00 bits per heavy atom. The van der Waals surface area contributed by atoms with E-state index in [9.17, 15) is 5.26 Å². The highest BCUT2D eigenvalue weighted by Gasteiger charge is 2.24. The van der Waals surface area contributed by atoms with Crippen molar-refractivity contribution < 1.29 is 9.47 Å². The molecule has 0 aromatic carbocycles. The van der Waals surface area contributed by atoms with E-state index in [0.717, 1.165) is 18.4 Å². The summed E-state index contributed by atoms with van der Waals surface area (Å²) < 4.78 is 10.3. The Morgan fingerprint density at radius 3 is 2.53 bits per heavy atom. The standard InChI is InChI=1S/C13H16N2O2/c1-16-12-7-10(9-5-3-4-6-9)11(8-14)13(15-12)17-2/h7,9H,3-6H2,1-2H3. The Balaban J connectivity index is 2.50. The number of hydrogen-bond donors (Lipinski definition) is 0. The maximum absolute atomic E-state index is 9.24. The molecule has 1 aromatic heterocycles. The van der Waals surface area contributed by atoms with Gasteiger partial charge in [0.1, 0.15) is 11.6 Å². The van der Waals surface area contributed by atoms with Gasteiger partial charge in [-0.05, 0) is 24.3 Å². The molecule has 1 aromatic rings. The predicted molar refractivity (Wildman–Crippen MR) is 63.3 cm³/mol. The highest BCUT2D eigenvalue weighted by Crippen LogP contribution is 2.39. The third kappa shape index (κ3) is 2.19. The Bertz CT molecular complexity index is 445. The second-order valence-corrected chi connectivity index (χ2v) is 4.23. The van der Waals surface area contributed by atoms with Crippen molar-refractivity contribution in [3.63, 3.8) is 0 Å². The molecule has 1 fully saturated rings. The molecule has 1 aliphatic rings. The summed E-state index contributed by atoms with van der Waals surface area (Å²) in [5, 5.41) is 9.24. The summed E-state index contributed by atoms with van der Waals surface area (Å²) >= 11 is 0. The molecule has 4 heteroatoms. The minimum Gasteiger partial charge on any atom is -0.481 e. The first kappa shape index (κ1) is 11.7. The lowest BCUT2D eigenvalue weighted by atomic mass is 9.94. The van der Waals surface area contributed by atoms with Gasteiger partial charge in [-0.3, -0.25) is 0 Å². The van der Waals surface area contributed by atoms with Gasteiger partial charge in [-0.1, -0.05) is 12.8 Å². The number of rotatable bonds is 3. The van der Waals surface area contributed by atoms with Crippen molar-refractivity contribution in [2.45, 2.75) is 31.6 Å². The summed E-state index contributed by atoms with van der Waals surface area (Å²) in [6, 6.07) is 4.07. The van der Waals surface area contributed by atoms with Gasteiger partial charge in [0.25, 0.3) is 0 Å². The summed E-state index contributed by atoms with van der Waals surface area (Å²) in [6.07, 6.45) is 4.71. The molecule has 0 aliphatic heterocycles. The molecule has 90 valence electrons. The molecule has 0 atom stereocenters. The highest BCUT2D eigenvalue weighted by molar-refractivity contribution is 5.49. The molecule has 17 heavy (non-hydrogen) atoms. The SMILES string of the molecule is COc1cc(C2CCCC2)c(C#N)c(OC)n1. The summed E-state index contributed by atoms with van der Waals surface area (Å²) in [4.78, 5) is 4.15. The fraction of sp³-hybridized carbons (Fsp3) is 0.538. The summed E-state index contributed by atoms with van der Waals surface area (Å²) in [7, 11) is 3.10. The van der Waals surface area contributed by atoms with Crippen LogP contribution in [0.1, 0.15) is 42.7 Å². The molecule has 0 saturated heterocycles. The van der Waals surface area contributed by atoms with Crippen molar-refractivity contribution in [3.05, 3.63) is 17.2 Å². The van der Waals surface area contributed by atoms with E-state index < -0.39 is 0 Å². The Hall–Kier alpha value is -1.76. The zero-order valence-electron chi connectivity index (χ0n) is 10.2. The summed E-state index contributed by atoms with van der Waals surface area (Å²) in [6.45, 7) is 0. The molecule has 0 amide bonds. The zero-order chi connectivity index (χ0) is 12.3. The average molecular weight is 232 g/mol. The first-order valence-corrected chi connectivity index (χ1v) is 5.83. The van der Waals surface area contributed by atoms with Gasteiger partial charge >= 0.3 is 0 Å². The van der Waals surface area contributed by atoms with Crippen molar-refractivity contribution in [2.75, 3.05) is 14.2 Å². The van der Waals surface area contributed by atoms with E-state index >= 15 is 0 Å². The van der Waals surface area contributed by atoms with Crippen molar-refractivity contribution in [3.8, 4) is 17.8 Å². The minimum atomic E-state index is 0.369. The molecular formula is C13H16N2O2. The fourth-order valence-electron chi connectivity index (χ4n) is 2.44. The number of methoxy groups -OCH3 is 2. The van der Waals surface area contributed by atoms with E-state index in [1.807, 2.05) is 6.07 Å². The first-order chi connectivity index (χ1) is 8.30. The molecule has 1 aliphatic carbocycles. The van der Waals surface area contributed by atoms with Crippen LogP contribution in [-0.4, -0.2) is 19.2 Å². The normalized spacial score (nSPS) is 15.6. The summed E-state index contributed by atoms with van der Waals surface area (Å²) in [5.74, 6) is 1.33. The average Bonchev–Trinajstić information content (AvgIpc) is 2.90. The molecule has 0 spiro atoms. The number of aromatic nitrogens is 1. The van der Waals surface area contributed by atoms with E-state index in [1.165, 1.54) is 20.0 Å². The lowest BCUT2D eigenvalue weighted by Crippen LogP contribution is -2.03. The lowest BCUT2D eigenvalue weighted by Gasteiger charge is -2.14. The van der Waals surface area contributed by atoms with Crippen LogP contribution in [-0.2, 0) is 0 Å². The van der Waals surface area contributed by atoms with Gasteiger partial charge in [0, 0.05) is 6.07 Å². The largest absolute Gasteiger partial charge is 0.481 e. The molecule has 0 N–H and O–H groups in total. The van der Waals surface area contributed by atoms with Crippen molar-refractivity contribution in [1.29, 1.82) is 5.26 Å². The summed E-state index contributed by atoms with van der Waals surface area (Å²) in [5.41, 5.74) is 1.58. The van der Waals surface area contributed by atoms with Crippen molar-refractivity contribution in [1.82, 2.24) is 4.98 Å². The Kier molecular flexibility index (Phi) is 3.48. The third-order valence-electron chi connectivity index (χ3n) is 3.30. The van der Waals surface area contributed by atoms with Crippen LogP contribution in [0.3, 0.4) is 0 Å². The van der Waals surface area contributed by atoms with Crippen LogP contribution < -0.4 is 9.47 Å². The second-order valence-electron chi connectivity index (χ2n) is 4.23. The molecule has 4 nitrogen and oxygen atoms in total. The molecule has 0 radical (unpaired) electrons. The number of nitriles is 1. The van der Waals surface area contributed by atoms with Crippen LogP contribution in [0.25, 0.3) is 0 Å². The van der Waals surface area contributed by atoms with Crippen molar-refractivity contribution >= 4 is 0 Å². The van der Waals surface area contributed by atoms with Crippen molar-refractivity contribution in [2.24, 2.45) is 0 Å². The number of hydrogen-bond acceptors (Lipinski definition) is 4. The number of ether oxygens (including phenoxy) is 2. The van der Waals surface area contributed by atoms with Gasteiger partial charge in [0.15, 0.2) is 0 Å². The molecule has 0 unspecified atom stereocenters. The smallest absolute Gasteiger partial charge is 0.235 e. The van der Waals surface area contributed by atoms with Crippen LogP contribution in [0, 0.1) is 11.3 Å². The first-order valence-electron chi connectivity index (χ1n) is 5.83. The van der Waals surface area contributed by atoms with Crippen LogP contribution in [0.5, 0.6) is 11.8 Å². The van der Waals surface area contributed by atoms with E-state index in [-0.39, 0.29) is 0 Å². The van der Waals surface area contributed by atoms with Crippen LogP contribution >= 0.6 is 0 Å². The molecule has 2 rings (SSSR count). The van der Waals surface area contributed by atoms with E-state index in [4.69, 9.17) is 9.47 Å². The maximum Gasteiger partial charge on any atom is 0.235 e. The molecule has 1 saturated carbocycles. The Morgan fingerprint density at radius 1 is 1.29 bits per heavy atom. The zero-order valence-corrected chi connectivity index (χ0v) is 10.2. The maximum atomic E-state index is 9.24. The topological polar surface area (TPSA) is 55.1 Å². The van der Waals surface area contributed by atoms with Gasteiger partial charge < -0.3 is 9.47 Å². The molecule has 0 bridgehead atoms. The minimum absolute atomic E-state index is 0.369. The van der Waals surface area contributed by atoms with E-state index in [1.54, 1.807) is 7.11 Å². The monoisotopic (exact) mass is 232 g/mol. The van der Waals surface area contributed by atoms with Gasteiger partial charge in [-0.2, -0.15) is 10.2 Å². The van der Waals surface area contributed by atoms with Gasteiger partial charge in [0.2, 0.25) is 11.8 Å². The fourth-order valence-corrected chi connectivity index (χ4v) is 2.44. The second kappa shape index (κ2) is 5.05. The number of pyridine rings is 1. The highest BCUT2D eigenvalue weighted by atomic mass is 16.5. The molecule has 1 heterocycles. The Labute approximate surface area is 101 Å². The number of nitrogens with zero attached hydrogens (tertiary/aromatic N) is 2. The third-order valence-corrected chi connectivity index (χ3v) is 3.30. The predicted octanol–water partition coefficient (Wildman–Crippen LogP) is 2.63. The van der Waals surface area contributed by atoms with Gasteiger partial charge in [-0.15, -0.1) is 0 Å². The van der Waals surface area contributed by atoms with Gasteiger partial charge in [-0.25, -0.2) is 0 Å². The van der Waals surface area contributed by atoms with E-state index in [2.05, 4.69) is 11.1 Å². The van der Waals surface area contributed by atoms with Gasteiger partial charge in [0.05, 0.1) is 14.2 Å².